The Kier molecular flexibility index (Phi) is 5.83. The molecule has 0 heterocycles. The van der Waals surface area contributed by atoms with Gasteiger partial charge in [0.25, 0.3) is 11.6 Å². The Balaban J connectivity index is 1.82. The van der Waals surface area contributed by atoms with Gasteiger partial charge in [-0.05, 0) is 37.1 Å². The SMILES string of the molecule is C[C@H](Oc1cccc([N+](=O)[O-])c1)C(=O)NCCc1ccc(F)cc1. The number of halogens is 1. The minimum atomic E-state index is -0.791. The number of nitrogens with one attached hydrogen (secondary N) is 1. The molecule has 2 rings (SSSR count). The molecule has 0 aliphatic heterocycles. The van der Waals surface area contributed by atoms with Crippen molar-refractivity contribution in [3.8, 4) is 5.75 Å². The number of nitrogens with zero attached hydrogens (tertiary/aromatic N) is 1. The fourth-order valence-electron chi connectivity index (χ4n) is 2.05. The van der Waals surface area contributed by atoms with Crippen LogP contribution in [-0.4, -0.2) is 23.5 Å². The summed E-state index contributed by atoms with van der Waals surface area (Å²) in [6, 6.07) is 11.7. The minimum Gasteiger partial charge on any atom is -0.481 e. The van der Waals surface area contributed by atoms with Crippen LogP contribution in [0.3, 0.4) is 0 Å². The van der Waals surface area contributed by atoms with E-state index >= 15 is 0 Å². The van der Waals surface area contributed by atoms with Crippen LogP contribution < -0.4 is 10.1 Å². The largest absolute Gasteiger partial charge is 0.481 e. The Hall–Kier alpha value is -2.96. The number of nitro benzene ring substituents is 1. The van der Waals surface area contributed by atoms with Gasteiger partial charge in [0.05, 0.1) is 11.0 Å². The van der Waals surface area contributed by atoms with Crippen molar-refractivity contribution in [1.29, 1.82) is 0 Å². The lowest BCUT2D eigenvalue weighted by Gasteiger charge is -2.14. The van der Waals surface area contributed by atoms with Crippen molar-refractivity contribution in [3.05, 3.63) is 70.0 Å². The van der Waals surface area contributed by atoms with Crippen LogP contribution in [0.25, 0.3) is 0 Å². The molecule has 0 aliphatic carbocycles. The molecule has 1 amide bonds. The maximum atomic E-state index is 12.8. The lowest BCUT2D eigenvalue weighted by atomic mass is 10.1. The summed E-state index contributed by atoms with van der Waals surface area (Å²) >= 11 is 0. The summed E-state index contributed by atoms with van der Waals surface area (Å²) in [5, 5.41) is 13.4. The van der Waals surface area contributed by atoms with Gasteiger partial charge in [-0.25, -0.2) is 4.39 Å². The molecule has 0 bridgehead atoms. The van der Waals surface area contributed by atoms with Gasteiger partial charge in [-0.15, -0.1) is 0 Å². The van der Waals surface area contributed by atoms with Gasteiger partial charge in [0.15, 0.2) is 6.10 Å². The Labute approximate surface area is 138 Å². The Morgan fingerprint density at radius 1 is 1.29 bits per heavy atom. The van der Waals surface area contributed by atoms with Crippen LogP contribution >= 0.6 is 0 Å². The van der Waals surface area contributed by atoms with Crippen LogP contribution in [0.1, 0.15) is 12.5 Å². The highest BCUT2D eigenvalue weighted by Gasteiger charge is 2.15. The number of rotatable bonds is 7. The predicted octanol–water partition coefficient (Wildman–Crippen LogP) is 2.86. The van der Waals surface area contributed by atoms with E-state index in [0.717, 1.165) is 5.56 Å². The number of non-ortho nitro benzene ring substituents is 1. The van der Waals surface area contributed by atoms with E-state index in [1.807, 2.05) is 0 Å². The summed E-state index contributed by atoms with van der Waals surface area (Å²) in [5.74, 6) is -0.379. The van der Waals surface area contributed by atoms with E-state index in [-0.39, 0.29) is 23.2 Å². The first-order valence-corrected chi connectivity index (χ1v) is 7.39. The first-order valence-electron chi connectivity index (χ1n) is 7.39. The molecular weight excluding hydrogens is 315 g/mol. The van der Waals surface area contributed by atoms with Gasteiger partial charge >= 0.3 is 0 Å². The molecular formula is C17H17FN2O4. The first kappa shape index (κ1) is 17.4. The van der Waals surface area contributed by atoms with Crippen molar-refractivity contribution in [1.82, 2.24) is 5.32 Å². The number of hydrogen-bond acceptors (Lipinski definition) is 4. The van der Waals surface area contributed by atoms with E-state index in [2.05, 4.69) is 5.32 Å². The molecule has 0 radical (unpaired) electrons. The predicted molar refractivity (Wildman–Crippen MR) is 86.3 cm³/mol. The molecule has 0 saturated heterocycles. The summed E-state index contributed by atoms with van der Waals surface area (Å²) < 4.78 is 18.2. The second kappa shape index (κ2) is 8.05. The van der Waals surface area contributed by atoms with Crippen molar-refractivity contribution < 1.29 is 18.8 Å². The summed E-state index contributed by atoms with van der Waals surface area (Å²) in [5.41, 5.74) is 0.806. The normalized spacial score (nSPS) is 11.6. The third-order valence-corrected chi connectivity index (χ3v) is 3.34. The van der Waals surface area contributed by atoms with Crippen molar-refractivity contribution in [3.63, 3.8) is 0 Å². The average Bonchev–Trinajstić information content (AvgIpc) is 2.56. The molecule has 1 atom stereocenters. The van der Waals surface area contributed by atoms with Crippen LogP contribution in [0.15, 0.2) is 48.5 Å². The van der Waals surface area contributed by atoms with Crippen LogP contribution in [0, 0.1) is 15.9 Å². The Morgan fingerprint density at radius 3 is 2.67 bits per heavy atom. The lowest BCUT2D eigenvalue weighted by molar-refractivity contribution is -0.384. The molecule has 24 heavy (non-hydrogen) atoms. The van der Waals surface area contributed by atoms with E-state index in [0.29, 0.717) is 13.0 Å². The second-order valence-electron chi connectivity index (χ2n) is 5.18. The van der Waals surface area contributed by atoms with Crippen molar-refractivity contribution in [2.75, 3.05) is 6.54 Å². The monoisotopic (exact) mass is 332 g/mol. The number of ether oxygens (including phenoxy) is 1. The highest BCUT2D eigenvalue weighted by Crippen LogP contribution is 2.20. The van der Waals surface area contributed by atoms with Gasteiger partial charge in [-0.3, -0.25) is 14.9 Å². The van der Waals surface area contributed by atoms with Gasteiger partial charge < -0.3 is 10.1 Å². The zero-order valence-corrected chi connectivity index (χ0v) is 13.1. The van der Waals surface area contributed by atoms with E-state index in [9.17, 15) is 19.3 Å². The molecule has 2 aromatic rings. The number of nitro groups is 1. The molecule has 0 saturated carbocycles. The Bertz CT molecular complexity index is 719. The summed E-state index contributed by atoms with van der Waals surface area (Å²) in [6.07, 6.45) is -0.226. The van der Waals surface area contributed by atoms with Gasteiger partial charge in [-0.1, -0.05) is 18.2 Å². The Morgan fingerprint density at radius 2 is 2.00 bits per heavy atom. The molecule has 0 aliphatic rings. The van der Waals surface area contributed by atoms with Crippen molar-refractivity contribution in [2.45, 2.75) is 19.4 Å². The quantitative estimate of drug-likeness (QED) is 0.624. The lowest BCUT2D eigenvalue weighted by Crippen LogP contribution is -2.37. The second-order valence-corrected chi connectivity index (χ2v) is 5.18. The van der Waals surface area contributed by atoms with Gasteiger partial charge in [-0.2, -0.15) is 0 Å². The number of carbonyl (C=O) groups excluding carboxylic acids is 1. The van der Waals surface area contributed by atoms with Gasteiger partial charge in [0, 0.05) is 12.6 Å². The van der Waals surface area contributed by atoms with Crippen LogP contribution in [0.5, 0.6) is 5.75 Å². The van der Waals surface area contributed by atoms with E-state index in [1.165, 1.54) is 30.3 Å². The van der Waals surface area contributed by atoms with Crippen molar-refractivity contribution in [2.24, 2.45) is 0 Å². The fraction of sp³-hybridized carbons (Fsp3) is 0.235. The molecule has 0 aromatic heterocycles. The number of amides is 1. The van der Waals surface area contributed by atoms with Gasteiger partial charge in [0.2, 0.25) is 0 Å². The number of benzene rings is 2. The minimum absolute atomic E-state index is 0.101. The highest BCUT2D eigenvalue weighted by molar-refractivity contribution is 5.80. The molecule has 126 valence electrons. The maximum Gasteiger partial charge on any atom is 0.273 e. The van der Waals surface area contributed by atoms with E-state index in [4.69, 9.17) is 4.74 Å². The molecule has 0 unspecified atom stereocenters. The third kappa shape index (κ3) is 5.05. The van der Waals surface area contributed by atoms with Crippen LogP contribution in [-0.2, 0) is 11.2 Å². The fourth-order valence-corrected chi connectivity index (χ4v) is 2.05. The zero-order valence-electron chi connectivity index (χ0n) is 13.1. The molecule has 2 aromatic carbocycles. The van der Waals surface area contributed by atoms with E-state index < -0.39 is 11.0 Å². The molecule has 7 heteroatoms. The zero-order chi connectivity index (χ0) is 17.5. The van der Waals surface area contributed by atoms with Crippen molar-refractivity contribution >= 4 is 11.6 Å². The van der Waals surface area contributed by atoms with Gasteiger partial charge in [0.1, 0.15) is 11.6 Å². The first-order chi connectivity index (χ1) is 11.5. The highest BCUT2D eigenvalue weighted by atomic mass is 19.1. The third-order valence-electron chi connectivity index (χ3n) is 3.34. The summed E-state index contributed by atoms with van der Waals surface area (Å²) in [6.45, 7) is 1.94. The number of carbonyl (C=O) groups is 1. The molecule has 0 fully saturated rings. The molecule has 6 nitrogen and oxygen atoms in total. The standard InChI is InChI=1S/C17H17FN2O4/c1-12(24-16-4-2-3-15(11-16)20(22)23)17(21)19-10-9-13-5-7-14(18)8-6-13/h2-8,11-12H,9-10H2,1H3,(H,19,21)/t12-/m0/s1. The summed E-state index contributed by atoms with van der Waals surface area (Å²) in [4.78, 5) is 22.2. The van der Waals surface area contributed by atoms with E-state index in [1.54, 1.807) is 25.1 Å². The number of hydrogen-bond donors (Lipinski definition) is 1. The molecule has 1 N–H and O–H groups in total. The van der Waals surface area contributed by atoms with Crippen LogP contribution in [0.4, 0.5) is 10.1 Å². The smallest absolute Gasteiger partial charge is 0.273 e. The summed E-state index contributed by atoms with van der Waals surface area (Å²) in [7, 11) is 0. The average molecular weight is 332 g/mol. The maximum absolute atomic E-state index is 12.8. The molecule has 0 spiro atoms. The van der Waals surface area contributed by atoms with Crippen LogP contribution in [0.2, 0.25) is 0 Å². The topological polar surface area (TPSA) is 81.5 Å².